The van der Waals surface area contributed by atoms with Crippen molar-refractivity contribution in [1.29, 1.82) is 0 Å². The minimum absolute atomic E-state index is 0.0404. The summed E-state index contributed by atoms with van der Waals surface area (Å²) in [5.41, 5.74) is 1.75. The molecule has 0 aliphatic rings. The Hall–Kier alpha value is -1.65. The highest BCUT2D eigenvalue weighted by molar-refractivity contribution is 6.29. The van der Waals surface area contributed by atoms with Gasteiger partial charge in [-0.3, -0.25) is 0 Å². The van der Waals surface area contributed by atoms with E-state index in [0.717, 1.165) is 11.3 Å². The lowest BCUT2D eigenvalue weighted by Crippen LogP contribution is -1.97. The van der Waals surface area contributed by atoms with Crippen molar-refractivity contribution in [2.24, 2.45) is 0 Å². The van der Waals surface area contributed by atoms with Crippen LogP contribution < -0.4 is 5.32 Å². The summed E-state index contributed by atoms with van der Waals surface area (Å²) in [6.45, 7) is 1.82. The largest absolute Gasteiger partial charge is 0.392 e. The van der Waals surface area contributed by atoms with Crippen molar-refractivity contribution in [2.75, 3.05) is 5.32 Å². The summed E-state index contributed by atoms with van der Waals surface area (Å²) < 4.78 is 0. The normalized spacial score (nSPS) is 10.3. The molecule has 4 nitrogen and oxygen atoms in total. The molecule has 0 saturated carbocycles. The Kier molecular flexibility index (Phi) is 3.56. The van der Waals surface area contributed by atoms with Gasteiger partial charge in [-0.1, -0.05) is 23.7 Å². The summed E-state index contributed by atoms with van der Waals surface area (Å²) in [5, 5.41) is 12.5. The highest BCUT2D eigenvalue weighted by Gasteiger charge is 2.00. The fourth-order valence-electron chi connectivity index (χ4n) is 1.44. The molecular formula is C12H12ClN3O. The van der Waals surface area contributed by atoms with Gasteiger partial charge < -0.3 is 10.4 Å². The van der Waals surface area contributed by atoms with Crippen LogP contribution in [0.25, 0.3) is 0 Å². The SMILES string of the molecule is Cc1nc(Cl)cc(Nc2ccc(CO)cc2)n1. The summed E-state index contributed by atoms with van der Waals surface area (Å²) in [5.74, 6) is 1.27. The molecule has 0 bridgehead atoms. The van der Waals surface area contributed by atoms with E-state index < -0.39 is 0 Å². The summed E-state index contributed by atoms with van der Waals surface area (Å²) in [4.78, 5) is 8.20. The van der Waals surface area contributed by atoms with E-state index in [-0.39, 0.29) is 6.61 Å². The zero-order chi connectivity index (χ0) is 12.3. The summed E-state index contributed by atoms with van der Waals surface area (Å²) in [6, 6.07) is 9.10. The topological polar surface area (TPSA) is 58.0 Å². The van der Waals surface area contributed by atoms with Gasteiger partial charge in [-0.05, 0) is 24.6 Å². The Morgan fingerprint density at radius 2 is 1.94 bits per heavy atom. The molecule has 0 atom stereocenters. The van der Waals surface area contributed by atoms with Gasteiger partial charge in [0.25, 0.3) is 0 Å². The minimum Gasteiger partial charge on any atom is -0.392 e. The maximum absolute atomic E-state index is 8.93. The van der Waals surface area contributed by atoms with Crippen LogP contribution in [-0.2, 0) is 6.61 Å². The lowest BCUT2D eigenvalue weighted by atomic mass is 10.2. The fraction of sp³-hybridized carbons (Fsp3) is 0.167. The van der Waals surface area contributed by atoms with Crippen LogP contribution in [0, 0.1) is 6.92 Å². The Morgan fingerprint density at radius 3 is 2.53 bits per heavy atom. The van der Waals surface area contributed by atoms with Gasteiger partial charge in [0.1, 0.15) is 16.8 Å². The van der Waals surface area contributed by atoms with Crippen molar-refractivity contribution in [1.82, 2.24) is 9.97 Å². The van der Waals surface area contributed by atoms with E-state index in [4.69, 9.17) is 16.7 Å². The lowest BCUT2D eigenvalue weighted by molar-refractivity contribution is 0.282. The number of rotatable bonds is 3. The Morgan fingerprint density at radius 1 is 1.24 bits per heavy atom. The number of aliphatic hydroxyl groups is 1. The van der Waals surface area contributed by atoms with E-state index in [2.05, 4.69) is 15.3 Å². The highest BCUT2D eigenvalue weighted by atomic mass is 35.5. The molecule has 2 aromatic rings. The standard InChI is InChI=1S/C12H12ClN3O/c1-8-14-11(13)6-12(15-8)16-10-4-2-9(7-17)3-5-10/h2-6,17H,7H2,1H3,(H,14,15,16). The quantitative estimate of drug-likeness (QED) is 0.822. The van der Waals surface area contributed by atoms with E-state index in [1.807, 2.05) is 24.3 Å². The van der Waals surface area contributed by atoms with Crippen LogP contribution in [0.1, 0.15) is 11.4 Å². The number of benzene rings is 1. The molecule has 0 fully saturated rings. The summed E-state index contributed by atoms with van der Waals surface area (Å²) >= 11 is 5.84. The van der Waals surface area contributed by atoms with E-state index in [9.17, 15) is 0 Å². The second kappa shape index (κ2) is 5.12. The van der Waals surface area contributed by atoms with Crippen LogP contribution in [-0.4, -0.2) is 15.1 Å². The number of aliphatic hydroxyl groups excluding tert-OH is 1. The Labute approximate surface area is 104 Å². The highest BCUT2D eigenvalue weighted by Crippen LogP contribution is 2.17. The van der Waals surface area contributed by atoms with Crippen molar-refractivity contribution in [3.05, 3.63) is 46.9 Å². The second-order valence-electron chi connectivity index (χ2n) is 3.60. The molecule has 2 N–H and O–H groups in total. The van der Waals surface area contributed by atoms with Crippen molar-refractivity contribution >= 4 is 23.1 Å². The first-order valence-corrected chi connectivity index (χ1v) is 5.53. The number of aryl methyl sites for hydroxylation is 1. The van der Waals surface area contributed by atoms with Gasteiger partial charge in [-0.2, -0.15) is 0 Å². The van der Waals surface area contributed by atoms with Crippen LogP contribution in [0.2, 0.25) is 5.15 Å². The van der Waals surface area contributed by atoms with Crippen LogP contribution >= 0.6 is 11.6 Å². The number of hydrogen-bond donors (Lipinski definition) is 2. The van der Waals surface area contributed by atoms with Crippen molar-refractivity contribution < 1.29 is 5.11 Å². The zero-order valence-electron chi connectivity index (χ0n) is 9.31. The number of anilines is 2. The molecule has 0 saturated heterocycles. The van der Waals surface area contributed by atoms with Crippen molar-refractivity contribution in [3.63, 3.8) is 0 Å². The first-order chi connectivity index (χ1) is 8.17. The first-order valence-electron chi connectivity index (χ1n) is 5.15. The third-order valence-electron chi connectivity index (χ3n) is 2.22. The van der Waals surface area contributed by atoms with Gasteiger partial charge in [0.15, 0.2) is 0 Å². The number of halogens is 1. The van der Waals surface area contributed by atoms with E-state index in [0.29, 0.717) is 16.8 Å². The third kappa shape index (κ3) is 3.15. The zero-order valence-corrected chi connectivity index (χ0v) is 10.1. The monoisotopic (exact) mass is 249 g/mol. The average Bonchev–Trinajstić information content (AvgIpc) is 2.28. The molecule has 1 aromatic carbocycles. The predicted octanol–water partition coefficient (Wildman–Crippen LogP) is 2.67. The molecule has 0 unspecified atom stereocenters. The lowest BCUT2D eigenvalue weighted by Gasteiger charge is -2.07. The molecule has 0 amide bonds. The summed E-state index contributed by atoms with van der Waals surface area (Å²) in [7, 11) is 0. The maximum Gasteiger partial charge on any atom is 0.135 e. The van der Waals surface area contributed by atoms with Crippen LogP contribution in [0.4, 0.5) is 11.5 Å². The molecule has 17 heavy (non-hydrogen) atoms. The smallest absolute Gasteiger partial charge is 0.135 e. The molecular weight excluding hydrogens is 238 g/mol. The molecule has 2 rings (SSSR count). The van der Waals surface area contributed by atoms with Crippen molar-refractivity contribution in [3.8, 4) is 0 Å². The Balaban J connectivity index is 2.19. The maximum atomic E-state index is 8.93. The molecule has 1 aromatic heterocycles. The van der Waals surface area contributed by atoms with Crippen LogP contribution in [0.5, 0.6) is 0 Å². The van der Waals surface area contributed by atoms with Gasteiger partial charge in [0.2, 0.25) is 0 Å². The second-order valence-corrected chi connectivity index (χ2v) is 3.99. The number of nitrogens with one attached hydrogen (secondary N) is 1. The van der Waals surface area contributed by atoms with Gasteiger partial charge in [-0.15, -0.1) is 0 Å². The summed E-state index contributed by atoms with van der Waals surface area (Å²) in [6.07, 6.45) is 0. The van der Waals surface area contributed by atoms with Gasteiger partial charge in [0.05, 0.1) is 6.61 Å². The number of nitrogens with zero attached hydrogens (tertiary/aromatic N) is 2. The first kappa shape index (κ1) is 11.8. The van der Waals surface area contributed by atoms with Crippen LogP contribution in [0.15, 0.2) is 30.3 Å². The minimum atomic E-state index is 0.0404. The third-order valence-corrected chi connectivity index (χ3v) is 2.41. The van der Waals surface area contributed by atoms with E-state index in [1.54, 1.807) is 13.0 Å². The predicted molar refractivity (Wildman–Crippen MR) is 67.4 cm³/mol. The van der Waals surface area contributed by atoms with Gasteiger partial charge >= 0.3 is 0 Å². The molecule has 0 radical (unpaired) electrons. The molecule has 88 valence electrons. The molecule has 0 aliphatic heterocycles. The average molecular weight is 250 g/mol. The molecule has 5 heteroatoms. The van der Waals surface area contributed by atoms with Gasteiger partial charge in [0, 0.05) is 11.8 Å². The van der Waals surface area contributed by atoms with E-state index >= 15 is 0 Å². The number of aromatic nitrogens is 2. The van der Waals surface area contributed by atoms with E-state index in [1.165, 1.54) is 0 Å². The van der Waals surface area contributed by atoms with Gasteiger partial charge in [-0.25, -0.2) is 9.97 Å². The van der Waals surface area contributed by atoms with Crippen molar-refractivity contribution in [2.45, 2.75) is 13.5 Å². The molecule has 0 spiro atoms. The molecule has 0 aliphatic carbocycles. The number of hydrogen-bond acceptors (Lipinski definition) is 4. The molecule has 1 heterocycles. The van der Waals surface area contributed by atoms with Crippen LogP contribution in [0.3, 0.4) is 0 Å². The Bertz CT molecular complexity index is 493. The fourth-order valence-corrected chi connectivity index (χ4v) is 1.66.